The molecule has 2 N–H and O–H groups in total. The Hall–Kier alpha value is -4.50. The van der Waals surface area contributed by atoms with E-state index in [9.17, 15) is 14.4 Å². The highest BCUT2D eigenvalue weighted by molar-refractivity contribution is 6.14. The van der Waals surface area contributed by atoms with E-state index in [1.807, 2.05) is 69.4 Å². The summed E-state index contributed by atoms with van der Waals surface area (Å²) in [5, 5.41) is 7.45. The van der Waals surface area contributed by atoms with Crippen LogP contribution in [0.4, 0.5) is 11.4 Å². The molecule has 1 aliphatic rings. The standard InChI is InChI=1S/C33H37N5O4/c1-22-23(2)32(24(3)31-30(22)35-28(39)20-29(40)36-31)42-19-7-16-37(21-25-10-13-34-14-11-25)15-6-17-38-18-12-26-8-4-5-9-27(26)33(38)41/h4-5,8-14,18H,6-7,15-17,19-21H2,1-3H3,(H,35,39)(H,36,40). The average Bonchev–Trinajstić information content (AvgIpc) is 3.14. The molecule has 0 bridgehead atoms. The molecule has 4 aromatic rings. The Labute approximate surface area is 245 Å². The lowest BCUT2D eigenvalue weighted by Crippen LogP contribution is -2.29. The molecule has 9 nitrogen and oxygen atoms in total. The Morgan fingerprint density at radius 3 is 2.31 bits per heavy atom. The molecule has 0 radical (unpaired) electrons. The largest absolute Gasteiger partial charge is 0.493 e. The first-order valence-corrected chi connectivity index (χ1v) is 14.4. The van der Waals surface area contributed by atoms with Crippen LogP contribution in [0.5, 0.6) is 5.75 Å². The van der Waals surface area contributed by atoms with Crippen LogP contribution in [0, 0.1) is 20.8 Å². The number of nitrogens with one attached hydrogen (secondary N) is 2. The molecule has 2 aromatic carbocycles. The van der Waals surface area contributed by atoms with E-state index in [-0.39, 0.29) is 23.8 Å². The monoisotopic (exact) mass is 567 g/mol. The minimum Gasteiger partial charge on any atom is -0.493 e. The normalized spacial score (nSPS) is 13.0. The fourth-order valence-electron chi connectivity index (χ4n) is 5.52. The van der Waals surface area contributed by atoms with E-state index in [1.54, 1.807) is 17.0 Å². The SMILES string of the molecule is Cc1c(C)c(OCCCN(CCCn2ccc3ccccc3c2=O)Cc2ccncc2)c(C)c2c1NC(=O)CC(=O)N2. The van der Waals surface area contributed by atoms with E-state index in [0.29, 0.717) is 24.5 Å². The zero-order chi connectivity index (χ0) is 29.6. The number of aryl methyl sites for hydroxylation is 1. The van der Waals surface area contributed by atoms with Crippen LogP contribution in [0.25, 0.3) is 10.8 Å². The predicted molar refractivity (Wildman–Crippen MR) is 165 cm³/mol. The molecule has 0 atom stereocenters. The molecular formula is C33H37N5O4. The molecule has 1 aliphatic heterocycles. The molecule has 2 aromatic heterocycles. The van der Waals surface area contributed by atoms with Crippen molar-refractivity contribution in [3.63, 3.8) is 0 Å². The van der Waals surface area contributed by atoms with Gasteiger partial charge in [0.2, 0.25) is 11.8 Å². The van der Waals surface area contributed by atoms with Gasteiger partial charge in [-0.05, 0) is 80.0 Å². The van der Waals surface area contributed by atoms with Crippen molar-refractivity contribution in [1.82, 2.24) is 14.5 Å². The summed E-state index contributed by atoms with van der Waals surface area (Å²) < 4.78 is 8.10. The van der Waals surface area contributed by atoms with Gasteiger partial charge in [-0.2, -0.15) is 0 Å². The summed E-state index contributed by atoms with van der Waals surface area (Å²) in [6, 6.07) is 13.7. The van der Waals surface area contributed by atoms with Gasteiger partial charge in [0.05, 0.1) is 18.0 Å². The van der Waals surface area contributed by atoms with E-state index < -0.39 is 0 Å². The predicted octanol–water partition coefficient (Wildman–Crippen LogP) is 4.96. The van der Waals surface area contributed by atoms with Gasteiger partial charge >= 0.3 is 0 Å². The molecule has 3 heterocycles. The third-order valence-corrected chi connectivity index (χ3v) is 7.87. The third-order valence-electron chi connectivity index (χ3n) is 7.87. The lowest BCUT2D eigenvalue weighted by atomic mass is 10.00. The van der Waals surface area contributed by atoms with E-state index in [2.05, 4.69) is 20.5 Å². The highest BCUT2D eigenvalue weighted by Gasteiger charge is 2.25. The summed E-state index contributed by atoms with van der Waals surface area (Å²) in [6.45, 7) is 9.35. The second kappa shape index (κ2) is 13.0. The number of hydrogen-bond donors (Lipinski definition) is 2. The van der Waals surface area contributed by atoms with Crippen molar-refractivity contribution in [3.8, 4) is 5.75 Å². The van der Waals surface area contributed by atoms with E-state index in [0.717, 1.165) is 65.7 Å². The second-order valence-electron chi connectivity index (χ2n) is 10.8. The molecule has 0 aliphatic carbocycles. The number of pyridine rings is 2. The average molecular weight is 568 g/mol. The quantitative estimate of drug-likeness (QED) is 0.196. The summed E-state index contributed by atoms with van der Waals surface area (Å²) in [5.41, 5.74) is 5.09. The highest BCUT2D eigenvalue weighted by Crippen LogP contribution is 2.41. The minimum atomic E-state index is -0.332. The van der Waals surface area contributed by atoms with Gasteiger partial charge in [0.15, 0.2) is 0 Å². The van der Waals surface area contributed by atoms with Gasteiger partial charge in [0, 0.05) is 55.7 Å². The molecule has 5 rings (SSSR count). The minimum absolute atomic E-state index is 0.0414. The smallest absolute Gasteiger partial charge is 0.258 e. The molecule has 218 valence electrons. The summed E-state index contributed by atoms with van der Waals surface area (Å²) in [7, 11) is 0. The third kappa shape index (κ3) is 6.52. The number of amides is 2. The lowest BCUT2D eigenvalue weighted by molar-refractivity contribution is -0.123. The van der Waals surface area contributed by atoms with Crippen LogP contribution in [0.3, 0.4) is 0 Å². The zero-order valence-corrected chi connectivity index (χ0v) is 24.4. The van der Waals surface area contributed by atoms with Gasteiger partial charge in [-0.1, -0.05) is 18.2 Å². The van der Waals surface area contributed by atoms with Gasteiger partial charge in [-0.3, -0.25) is 24.3 Å². The number of aromatic nitrogens is 2. The van der Waals surface area contributed by atoms with Crippen LogP contribution in [0.15, 0.2) is 65.8 Å². The van der Waals surface area contributed by atoms with Crippen molar-refractivity contribution in [2.45, 2.75) is 53.1 Å². The van der Waals surface area contributed by atoms with E-state index in [1.165, 1.54) is 5.56 Å². The molecule has 0 unspecified atom stereocenters. The Kier molecular flexibility index (Phi) is 8.97. The van der Waals surface area contributed by atoms with Crippen molar-refractivity contribution in [2.24, 2.45) is 0 Å². The van der Waals surface area contributed by atoms with Gasteiger partial charge in [-0.25, -0.2) is 0 Å². The first kappa shape index (κ1) is 29.0. The number of ether oxygens (including phenoxy) is 1. The highest BCUT2D eigenvalue weighted by atomic mass is 16.5. The maximum Gasteiger partial charge on any atom is 0.258 e. The van der Waals surface area contributed by atoms with Crippen LogP contribution in [-0.4, -0.2) is 46.0 Å². The fraction of sp³-hybridized carbons (Fsp3) is 0.333. The van der Waals surface area contributed by atoms with E-state index in [4.69, 9.17) is 4.74 Å². The number of anilines is 2. The molecular weight excluding hydrogens is 530 g/mol. The maximum atomic E-state index is 12.9. The molecule has 0 saturated carbocycles. The Bertz CT molecular complexity index is 1670. The molecule has 2 amide bonds. The lowest BCUT2D eigenvalue weighted by Gasteiger charge is -2.24. The van der Waals surface area contributed by atoms with Crippen LogP contribution < -0.4 is 20.9 Å². The number of carbonyl (C=O) groups excluding carboxylic acids is 2. The van der Waals surface area contributed by atoms with Gasteiger partial charge in [0.1, 0.15) is 12.2 Å². The summed E-state index contributed by atoms with van der Waals surface area (Å²) in [5.74, 6) is 0.0851. The van der Waals surface area contributed by atoms with Crippen LogP contribution in [0.2, 0.25) is 0 Å². The zero-order valence-electron chi connectivity index (χ0n) is 24.4. The first-order chi connectivity index (χ1) is 20.3. The van der Waals surface area contributed by atoms with Crippen LogP contribution >= 0.6 is 0 Å². The number of carbonyl (C=O) groups is 2. The molecule has 9 heteroatoms. The Morgan fingerprint density at radius 2 is 1.55 bits per heavy atom. The van der Waals surface area contributed by atoms with Crippen molar-refractivity contribution in [3.05, 3.63) is 93.7 Å². The van der Waals surface area contributed by atoms with Crippen molar-refractivity contribution in [2.75, 3.05) is 30.3 Å². The Balaban J connectivity index is 1.23. The molecule has 42 heavy (non-hydrogen) atoms. The topological polar surface area (TPSA) is 106 Å². The van der Waals surface area contributed by atoms with Gasteiger partial charge in [0.25, 0.3) is 5.56 Å². The maximum absolute atomic E-state index is 12.9. The summed E-state index contributed by atoms with van der Waals surface area (Å²) in [6.07, 6.45) is 6.91. The number of rotatable bonds is 11. The molecule has 0 saturated heterocycles. The van der Waals surface area contributed by atoms with E-state index >= 15 is 0 Å². The van der Waals surface area contributed by atoms with Crippen molar-refractivity contribution >= 4 is 34.0 Å². The van der Waals surface area contributed by atoms with Crippen molar-refractivity contribution in [1.29, 1.82) is 0 Å². The summed E-state index contributed by atoms with van der Waals surface area (Å²) >= 11 is 0. The van der Waals surface area contributed by atoms with Crippen LogP contribution in [-0.2, 0) is 22.7 Å². The summed E-state index contributed by atoms with van der Waals surface area (Å²) in [4.78, 5) is 43.8. The van der Waals surface area contributed by atoms with Crippen molar-refractivity contribution < 1.29 is 14.3 Å². The Morgan fingerprint density at radius 1 is 0.857 bits per heavy atom. The number of hydrogen-bond acceptors (Lipinski definition) is 6. The second-order valence-corrected chi connectivity index (χ2v) is 10.8. The first-order valence-electron chi connectivity index (χ1n) is 14.4. The van der Waals surface area contributed by atoms with Crippen LogP contribution in [0.1, 0.15) is 41.5 Å². The molecule has 0 spiro atoms. The number of nitrogens with zero attached hydrogens (tertiary/aromatic N) is 3. The fourth-order valence-corrected chi connectivity index (χ4v) is 5.52. The molecule has 0 fully saturated rings. The van der Waals surface area contributed by atoms with Gasteiger partial charge < -0.3 is 19.9 Å². The van der Waals surface area contributed by atoms with Gasteiger partial charge in [-0.15, -0.1) is 0 Å². The number of benzene rings is 2. The number of fused-ring (bicyclic) bond motifs is 2.